The molecule has 2 atom stereocenters. The van der Waals surface area contributed by atoms with Crippen LogP contribution in [0.25, 0.3) is 0 Å². The van der Waals surface area contributed by atoms with Crippen LogP contribution in [-0.4, -0.2) is 44.8 Å². The molecule has 2 unspecified atom stereocenters. The van der Waals surface area contributed by atoms with Crippen molar-refractivity contribution in [1.82, 2.24) is 10.2 Å². The average molecular weight is 218 g/mol. The Morgan fingerprint density at radius 1 is 1.44 bits per heavy atom. The number of carbonyl (C=O) groups excluding carboxylic acids is 1. The van der Waals surface area contributed by atoms with E-state index < -0.39 is 0 Å². The Bertz CT molecular complexity index is 406. The molecule has 0 spiro atoms. The van der Waals surface area contributed by atoms with Crippen molar-refractivity contribution in [2.75, 3.05) is 26.2 Å². The standard InChI is InChI=1S/C11H15BN2O2/c12-9-1-2-16-10(9)11(15)14-5-7-3-13-4-8(7)6-14/h1-2,7-8,13H,3-6,12H2. The summed E-state index contributed by atoms with van der Waals surface area (Å²) in [5.74, 6) is 1.84. The maximum absolute atomic E-state index is 12.2. The van der Waals surface area contributed by atoms with E-state index >= 15 is 0 Å². The number of likely N-dealkylation sites (tertiary alicyclic amines) is 1. The van der Waals surface area contributed by atoms with Gasteiger partial charge in [-0.2, -0.15) is 0 Å². The second-order valence-corrected chi connectivity index (χ2v) is 4.82. The molecule has 1 aromatic rings. The lowest BCUT2D eigenvalue weighted by molar-refractivity contribution is 0.0752. The van der Waals surface area contributed by atoms with Crippen LogP contribution in [0.2, 0.25) is 0 Å². The normalized spacial score (nSPS) is 28.4. The molecular formula is C11H15BN2O2. The summed E-state index contributed by atoms with van der Waals surface area (Å²) in [5.41, 5.74) is 0.931. The minimum absolute atomic E-state index is 0.0527. The SMILES string of the molecule is Bc1ccoc1C(=O)N1CC2CNCC2C1. The number of hydrogen-bond acceptors (Lipinski definition) is 3. The van der Waals surface area contributed by atoms with E-state index in [0.717, 1.165) is 31.6 Å². The van der Waals surface area contributed by atoms with Gasteiger partial charge in [0.15, 0.2) is 5.76 Å². The van der Waals surface area contributed by atoms with Gasteiger partial charge in [0, 0.05) is 26.2 Å². The zero-order valence-electron chi connectivity index (χ0n) is 9.40. The molecule has 0 bridgehead atoms. The van der Waals surface area contributed by atoms with E-state index in [9.17, 15) is 4.79 Å². The smallest absolute Gasteiger partial charge is 0.288 e. The highest BCUT2D eigenvalue weighted by atomic mass is 16.3. The number of rotatable bonds is 1. The first kappa shape index (κ1) is 9.96. The zero-order valence-corrected chi connectivity index (χ0v) is 9.40. The van der Waals surface area contributed by atoms with Crippen molar-refractivity contribution in [2.24, 2.45) is 11.8 Å². The highest BCUT2D eigenvalue weighted by Gasteiger charge is 2.39. The Morgan fingerprint density at radius 3 is 2.69 bits per heavy atom. The number of fused-ring (bicyclic) bond motifs is 1. The minimum atomic E-state index is 0.0527. The summed E-state index contributed by atoms with van der Waals surface area (Å²) in [6.07, 6.45) is 1.58. The number of nitrogens with zero attached hydrogens (tertiary/aromatic N) is 1. The van der Waals surface area contributed by atoms with E-state index in [2.05, 4.69) is 5.32 Å². The summed E-state index contributed by atoms with van der Waals surface area (Å²) in [7, 11) is 1.91. The molecular weight excluding hydrogens is 203 g/mol. The predicted octanol–water partition coefficient (Wildman–Crippen LogP) is -1.17. The van der Waals surface area contributed by atoms with Crippen LogP contribution in [0.3, 0.4) is 0 Å². The highest BCUT2D eigenvalue weighted by molar-refractivity contribution is 6.35. The van der Waals surface area contributed by atoms with Gasteiger partial charge in [-0.15, -0.1) is 0 Å². The Labute approximate surface area is 95.4 Å². The van der Waals surface area contributed by atoms with Crippen LogP contribution in [0.1, 0.15) is 10.6 Å². The molecule has 1 amide bonds. The van der Waals surface area contributed by atoms with E-state index in [1.54, 1.807) is 6.26 Å². The van der Waals surface area contributed by atoms with Crippen LogP contribution in [0.5, 0.6) is 0 Å². The molecule has 16 heavy (non-hydrogen) atoms. The summed E-state index contributed by atoms with van der Waals surface area (Å²) in [5, 5.41) is 3.37. The van der Waals surface area contributed by atoms with Crippen LogP contribution in [0.15, 0.2) is 16.7 Å². The molecule has 2 aliphatic heterocycles. The van der Waals surface area contributed by atoms with Gasteiger partial charge in [0.1, 0.15) is 7.85 Å². The van der Waals surface area contributed by atoms with Crippen molar-refractivity contribution in [3.8, 4) is 0 Å². The Kier molecular flexibility index (Phi) is 2.28. The fraction of sp³-hybridized carbons (Fsp3) is 0.545. The third-order valence-electron chi connectivity index (χ3n) is 3.73. The van der Waals surface area contributed by atoms with E-state index in [0.29, 0.717) is 17.6 Å². The topological polar surface area (TPSA) is 45.5 Å². The highest BCUT2D eigenvalue weighted by Crippen LogP contribution is 2.27. The number of nitrogens with one attached hydrogen (secondary N) is 1. The zero-order chi connectivity index (χ0) is 11.1. The number of carbonyl (C=O) groups is 1. The molecule has 3 rings (SSSR count). The van der Waals surface area contributed by atoms with Gasteiger partial charge < -0.3 is 14.6 Å². The second-order valence-electron chi connectivity index (χ2n) is 4.82. The predicted molar refractivity (Wildman–Crippen MR) is 62.6 cm³/mol. The minimum Gasteiger partial charge on any atom is -0.460 e. The van der Waals surface area contributed by atoms with Crippen LogP contribution in [-0.2, 0) is 0 Å². The monoisotopic (exact) mass is 218 g/mol. The summed E-state index contributed by atoms with van der Waals surface area (Å²) >= 11 is 0. The Hall–Kier alpha value is -1.23. The molecule has 1 N–H and O–H groups in total. The largest absolute Gasteiger partial charge is 0.460 e. The summed E-state index contributed by atoms with van der Waals surface area (Å²) in [6, 6.07) is 1.84. The maximum atomic E-state index is 12.2. The molecule has 2 aliphatic rings. The summed E-state index contributed by atoms with van der Waals surface area (Å²) in [4.78, 5) is 14.1. The van der Waals surface area contributed by atoms with Gasteiger partial charge in [0.25, 0.3) is 5.91 Å². The fourth-order valence-corrected chi connectivity index (χ4v) is 2.76. The lowest BCUT2D eigenvalue weighted by Crippen LogP contribution is -2.33. The van der Waals surface area contributed by atoms with E-state index in [1.807, 2.05) is 18.8 Å². The second kappa shape index (κ2) is 3.66. The molecule has 0 aromatic carbocycles. The molecule has 0 aliphatic carbocycles. The van der Waals surface area contributed by atoms with Crippen molar-refractivity contribution < 1.29 is 9.21 Å². The van der Waals surface area contributed by atoms with Crippen LogP contribution < -0.4 is 10.8 Å². The summed E-state index contributed by atoms with van der Waals surface area (Å²) < 4.78 is 5.25. The van der Waals surface area contributed by atoms with E-state index in [4.69, 9.17) is 4.42 Å². The molecule has 4 nitrogen and oxygen atoms in total. The Morgan fingerprint density at radius 2 is 2.12 bits per heavy atom. The van der Waals surface area contributed by atoms with Crippen LogP contribution >= 0.6 is 0 Å². The summed E-state index contributed by atoms with van der Waals surface area (Å²) in [6.45, 7) is 3.84. The van der Waals surface area contributed by atoms with Crippen molar-refractivity contribution >= 4 is 19.2 Å². The molecule has 3 heterocycles. The molecule has 2 fully saturated rings. The number of hydrogen-bond donors (Lipinski definition) is 1. The van der Waals surface area contributed by atoms with Crippen molar-refractivity contribution in [1.29, 1.82) is 0 Å². The van der Waals surface area contributed by atoms with Crippen LogP contribution in [0, 0.1) is 11.8 Å². The molecule has 0 radical (unpaired) electrons. The molecule has 2 saturated heterocycles. The van der Waals surface area contributed by atoms with Gasteiger partial charge in [0.2, 0.25) is 0 Å². The van der Waals surface area contributed by atoms with Gasteiger partial charge in [0.05, 0.1) is 6.26 Å². The molecule has 1 aromatic heterocycles. The Balaban J connectivity index is 1.75. The first-order chi connectivity index (χ1) is 7.75. The van der Waals surface area contributed by atoms with Crippen LogP contribution in [0.4, 0.5) is 0 Å². The molecule has 5 heteroatoms. The first-order valence-electron chi connectivity index (χ1n) is 5.80. The molecule has 84 valence electrons. The quantitative estimate of drug-likeness (QED) is 0.604. The fourth-order valence-electron chi connectivity index (χ4n) is 2.76. The lowest BCUT2D eigenvalue weighted by atomic mass is 9.96. The third kappa shape index (κ3) is 1.46. The van der Waals surface area contributed by atoms with Gasteiger partial charge in [-0.1, -0.05) is 0 Å². The van der Waals surface area contributed by atoms with Crippen molar-refractivity contribution in [3.63, 3.8) is 0 Å². The van der Waals surface area contributed by atoms with Gasteiger partial charge in [-0.05, 0) is 23.4 Å². The molecule has 0 saturated carbocycles. The van der Waals surface area contributed by atoms with Gasteiger partial charge in [-0.25, -0.2) is 0 Å². The average Bonchev–Trinajstić information content (AvgIpc) is 2.89. The maximum Gasteiger partial charge on any atom is 0.288 e. The van der Waals surface area contributed by atoms with Crippen molar-refractivity contribution in [3.05, 3.63) is 18.1 Å². The number of amides is 1. The number of furan rings is 1. The van der Waals surface area contributed by atoms with E-state index in [-0.39, 0.29) is 5.91 Å². The van der Waals surface area contributed by atoms with Crippen molar-refractivity contribution in [2.45, 2.75) is 0 Å². The van der Waals surface area contributed by atoms with Gasteiger partial charge in [-0.3, -0.25) is 4.79 Å². The van der Waals surface area contributed by atoms with Gasteiger partial charge >= 0.3 is 0 Å². The third-order valence-corrected chi connectivity index (χ3v) is 3.73. The van der Waals surface area contributed by atoms with E-state index in [1.165, 1.54) is 0 Å². The lowest BCUT2D eigenvalue weighted by Gasteiger charge is -2.16. The first-order valence-corrected chi connectivity index (χ1v) is 5.80.